The number of aliphatic carboxylic acids is 1. The molecule has 10 nitrogen and oxygen atoms in total. The highest BCUT2D eigenvalue weighted by molar-refractivity contribution is 5.99. The van der Waals surface area contributed by atoms with Crippen LogP contribution in [0.25, 0.3) is 11.6 Å². The lowest BCUT2D eigenvalue weighted by Crippen LogP contribution is -2.36. The van der Waals surface area contributed by atoms with Crippen LogP contribution in [0.4, 0.5) is 11.5 Å². The summed E-state index contributed by atoms with van der Waals surface area (Å²) >= 11 is 0. The molecule has 1 fully saturated rings. The topological polar surface area (TPSA) is 125 Å². The van der Waals surface area contributed by atoms with E-state index < -0.39 is 11.9 Å². The fourth-order valence-corrected chi connectivity index (χ4v) is 4.46. The lowest BCUT2D eigenvalue weighted by molar-refractivity contribution is -0.141. The van der Waals surface area contributed by atoms with Gasteiger partial charge in [-0.05, 0) is 26.0 Å². The average Bonchev–Trinajstić information content (AvgIpc) is 3.21. The smallest absolute Gasteiger partial charge is 0.308 e. The van der Waals surface area contributed by atoms with Gasteiger partial charge in [-0.15, -0.1) is 0 Å². The Balaban J connectivity index is 1.43. The first-order valence-corrected chi connectivity index (χ1v) is 10.8. The van der Waals surface area contributed by atoms with E-state index >= 15 is 0 Å². The zero-order chi connectivity index (χ0) is 23.1. The number of amides is 1. The molecule has 0 aliphatic carbocycles. The van der Waals surface area contributed by atoms with E-state index in [0.717, 1.165) is 22.8 Å². The molecular weight excluding hydrogens is 422 g/mol. The van der Waals surface area contributed by atoms with Crippen LogP contribution in [0.15, 0.2) is 36.8 Å². The second kappa shape index (κ2) is 8.19. The third-order valence-corrected chi connectivity index (χ3v) is 6.18. The lowest BCUT2D eigenvalue weighted by Gasteiger charge is -2.36. The van der Waals surface area contributed by atoms with Crippen molar-refractivity contribution in [2.24, 2.45) is 5.92 Å². The molecule has 3 aromatic heterocycles. The summed E-state index contributed by atoms with van der Waals surface area (Å²) in [6, 6.07) is 5.41. The quantitative estimate of drug-likeness (QED) is 0.643. The van der Waals surface area contributed by atoms with Crippen LogP contribution in [0.5, 0.6) is 0 Å². The standard InChI is InChI=1S/C23H23N7O3/c1-13-8-16(30-12-15(23(32)33)9-20(30)31)10-19(27-13)29-7-4-18-17(14(29)2)11-26-22(28-18)21-24-5-3-6-25-21/h3,5-6,8,10-11,14-15H,4,7,9,12H2,1-2H3,(H,32,33). The van der Waals surface area contributed by atoms with Crippen LogP contribution >= 0.6 is 0 Å². The number of carbonyl (C=O) groups is 2. The van der Waals surface area contributed by atoms with Gasteiger partial charge >= 0.3 is 5.97 Å². The molecule has 0 radical (unpaired) electrons. The van der Waals surface area contributed by atoms with Gasteiger partial charge in [0.2, 0.25) is 5.91 Å². The summed E-state index contributed by atoms with van der Waals surface area (Å²) in [6.45, 7) is 4.82. The van der Waals surface area contributed by atoms with Crippen LogP contribution in [0.1, 0.15) is 36.3 Å². The van der Waals surface area contributed by atoms with Crippen LogP contribution in [0.2, 0.25) is 0 Å². The maximum absolute atomic E-state index is 12.5. The van der Waals surface area contributed by atoms with E-state index in [1.54, 1.807) is 23.4 Å². The monoisotopic (exact) mass is 445 g/mol. The number of pyridine rings is 1. The van der Waals surface area contributed by atoms with Crippen LogP contribution < -0.4 is 9.80 Å². The normalized spacial score (nSPS) is 20.1. The van der Waals surface area contributed by atoms with Gasteiger partial charge in [-0.3, -0.25) is 9.59 Å². The number of rotatable bonds is 4. The van der Waals surface area contributed by atoms with E-state index in [1.165, 1.54) is 0 Å². The number of hydrogen-bond acceptors (Lipinski definition) is 8. The summed E-state index contributed by atoms with van der Waals surface area (Å²) in [5, 5.41) is 9.31. The molecule has 0 bridgehead atoms. The lowest BCUT2D eigenvalue weighted by atomic mass is 9.99. The van der Waals surface area contributed by atoms with Gasteiger partial charge in [0.25, 0.3) is 0 Å². The molecule has 2 aliphatic rings. The van der Waals surface area contributed by atoms with Gasteiger partial charge < -0.3 is 14.9 Å². The Kier molecular flexibility index (Phi) is 5.20. The van der Waals surface area contributed by atoms with Gasteiger partial charge in [-0.2, -0.15) is 0 Å². The van der Waals surface area contributed by atoms with Crippen molar-refractivity contribution in [3.63, 3.8) is 0 Å². The number of hydrogen-bond donors (Lipinski definition) is 1. The summed E-state index contributed by atoms with van der Waals surface area (Å²) in [5.74, 6) is -0.0689. The maximum atomic E-state index is 12.5. The molecule has 1 amide bonds. The largest absolute Gasteiger partial charge is 0.481 e. The van der Waals surface area contributed by atoms with E-state index in [9.17, 15) is 14.7 Å². The molecule has 0 aromatic carbocycles. The highest BCUT2D eigenvalue weighted by Gasteiger charge is 2.36. The molecule has 5 heterocycles. The number of fused-ring (bicyclic) bond motifs is 1. The zero-order valence-electron chi connectivity index (χ0n) is 18.3. The summed E-state index contributed by atoms with van der Waals surface area (Å²) in [6.07, 6.45) is 5.88. The van der Waals surface area contributed by atoms with Crippen molar-refractivity contribution in [1.29, 1.82) is 0 Å². The van der Waals surface area contributed by atoms with Crippen LogP contribution in [0.3, 0.4) is 0 Å². The predicted molar refractivity (Wildman–Crippen MR) is 120 cm³/mol. The van der Waals surface area contributed by atoms with Crippen LogP contribution in [-0.4, -0.2) is 55.0 Å². The minimum Gasteiger partial charge on any atom is -0.481 e. The molecule has 1 N–H and O–H groups in total. The number of anilines is 2. The summed E-state index contributed by atoms with van der Waals surface area (Å²) in [5.41, 5.74) is 3.41. The van der Waals surface area contributed by atoms with Crippen molar-refractivity contribution in [3.8, 4) is 11.6 Å². The molecule has 0 saturated carbocycles. The van der Waals surface area contributed by atoms with E-state index in [4.69, 9.17) is 9.97 Å². The minimum atomic E-state index is -0.946. The van der Waals surface area contributed by atoms with E-state index in [0.29, 0.717) is 30.3 Å². The second-order valence-corrected chi connectivity index (χ2v) is 8.36. The average molecular weight is 445 g/mol. The molecule has 2 unspecified atom stereocenters. The van der Waals surface area contributed by atoms with Crippen molar-refractivity contribution in [2.45, 2.75) is 32.7 Å². The summed E-state index contributed by atoms with van der Waals surface area (Å²) in [4.78, 5) is 49.9. The molecule has 0 spiro atoms. The second-order valence-electron chi connectivity index (χ2n) is 8.36. The Morgan fingerprint density at radius 3 is 2.64 bits per heavy atom. The molecule has 2 atom stereocenters. The number of aryl methyl sites for hydroxylation is 1. The van der Waals surface area contributed by atoms with Gasteiger partial charge in [0.1, 0.15) is 5.82 Å². The first kappa shape index (κ1) is 20.9. The van der Waals surface area contributed by atoms with Gasteiger partial charge in [0, 0.05) is 67.5 Å². The summed E-state index contributed by atoms with van der Waals surface area (Å²) in [7, 11) is 0. The van der Waals surface area contributed by atoms with Crippen LogP contribution in [-0.2, 0) is 16.0 Å². The highest BCUT2D eigenvalue weighted by Crippen LogP contribution is 2.35. The molecule has 1 saturated heterocycles. The molecule has 10 heteroatoms. The number of aromatic nitrogens is 5. The van der Waals surface area contributed by atoms with Gasteiger partial charge in [-0.1, -0.05) is 0 Å². The Labute approximate surface area is 190 Å². The van der Waals surface area contributed by atoms with Gasteiger partial charge in [0.05, 0.1) is 17.7 Å². The van der Waals surface area contributed by atoms with Crippen molar-refractivity contribution >= 4 is 23.4 Å². The molecule has 2 aliphatic heterocycles. The van der Waals surface area contributed by atoms with Crippen molar-refractivity contribution < 1.29 is 14.7 Å². The molecule has 5 rings (SSSR count). The van der Waals surface area contributed by atoms with Gasteiger partial charge in [0.15, 0.2) is 11.6 Å². The SMILES string of the molecule is Cc1cc(N2CC(C(=O)O)CC2=O)cc(N2CCc3nc(-c4ncccn4)ncc3C2C)n1. The van der Waals surface area contributed by atoms with E-state index in [-0.39, 0.29) is 24.9 Å². The predicted octanol–water partition coefficient (Wildman–Crippen LogP) is 2.20. The first-order chi connectivity index (χ1) is 15.9. The first-order valence-electron chi connectivity index (χ1n) is 10.8. The third kappa shape index (κ3) is 3.88. The fraction of sp³-hybridized carbons (Fsp3) is 0.348. The number of carbonyl (C=O) groups excluding carboxylic acids is 1. The van der Waals surface area contributed by atoms with Crippen molar-refractivity contribution in [3.05, 3.63) is 53.7 Å². The molecular formula is C23H23N7O3. The van der Waals surface area contributed by atoms with Crippen molar-refractivity contribution in [1.82, 2.24) is 24.9 Å². The summed E-state index contributed by atoms with van der Waals surface area (Å²) < 4.78 is 0. The Hall–Kier alpha value is -3.95. The minimum absolute atomic E-state index is 0.0182. The van der Waals surface area contributed by atoms with Gasteiger partial charge in [-0.25, -0.2) is 24.9 Å². The number of carboxylic acid groups (broad SMARTS) is 1. The highest BCUT2D eigenvalue weighted by atomic mass is 16.4. The van der Waals surface area contributed by atoms with Crippen LogP contribution in [0, 0.1) is 12.8 Å². The Morgan fingerprint density at radius 1 is 1.12 bits per heavy atom. The fourth-order valence-electron chi connectivity index (χ4n) is 4.46. The number of carboxylic acids is 1. The molecule has 3 aromatic rings. The number of nitrogens with zero attached hydrogens (tertiary/aromatic N) is 7. The van der Waals surface area contributed by atoms with Crippen molar-refractivity contribution in [2.75, 3.05) is 22.9 Å². The van der Waals surface area contributed by atoms with E-state index in [2.05, 4.69) is 26.8 Å². The zero-order valence-corrected chi connectivity index (χ0v) is 18.3. The molecule has 33 heavy (non-hydrogen) atoms. The van der Waals surface area contributed by atoms with E-state index in [1.807, 2.05) is 25.3 Å². The maximum Gasteiger partial charge on any atom is 0.308 e. The Morgan fingerprint density at radius 2 is 1.91 bits per heavy atom. The molecule has 168 valence electrons. The third-order valence-electron chi connectivity index (χ3n) is 6.18. The Bertz CT molecular complexity index is 1230.